The van der Waals surface area contributed by atoms with Crippen LogP contribution in [0.25, 0.3) is 5.69 Å². The van der Waals surface area contributed by atoms with E-state index in [9.17, 15) is 0 Å². The summed E-state index contributed by atoms with van der Waals surface area (Å²) in [6, 6.07) is 6.82. The number of hydrogen-bond acceptors (Lipinski definition) is 4. The van der Waals surface area contributed by atoms with Crippen molar-refractivity contribution in [3.63, 3.8) is 0 Å². The lowest BCUT2D eigenvalue weighted by atomic mass is 10.1. The second-order valence-corrected chi connectivity index (χ2v) is 5.55. The number of aromatic nitrogens is 3. The van der Waals surface area contributed by atoms with Crippen molar-refractivity contribution in [3.8, 4) is 5.69 Å². The van der Waals surface area contributed by atoms with Crippen molar-refractivity contribution in [1.82, 2.24) is 14.5 Å². The zero-order valence-electron chi connectivity index (χ0n) is 11.8. The molecular formula is C15H18N4S. The van der Waals surface area contributed by atoms with E-state index < -0.39 is 0 Å². The van der Waals surface area contributed by atoms with Crippen LogP contribution in [0.5, 0.6) is 0 Å². The fraction of sp³-hybridized carbons (Fsp3) is 0.400. The average Bonchev–Trinajstić information content (AvgIpc) is 3.23. The Morgan fingerprint density at radius 3 is 2.85 bits per heavy atom. The van der Waals surface area contributed by atoms with E-state index in [1.807, 2.05) is 4.57 Å². The van der Waals surface area contributed by atoms with Crippen molar-refractivity contribution >= 4 is 18.2 Å². The summed E-state index contributed by atoms with van der Waals surface area (Å²) < 4.78 is 2.45. The van der Waals surface area contributed by atoms with E-state index in [0.717, 1.165) is 12.1 Å². The van der Waals surface area contributed by atoms with Gasteiger partial charge in [-0.1, -0.05) is 25.1 Å². The van der Waals surface area contributed by atoms with Crippen molar-refractivity contribution in [2.45, 2.75) is 39.2 Å². The Bertz CT molecular complexity index is 689. The van der Waals surface area contributed by atoms with Crippen molar-refractivity contribution in [1.29, 1.82) is 0 Å². The lowest BCUT2D eigenvalue weighted by molar-refractivity contribution is 0.866. The maximum Gasteiger partial charge on any atom is 0.227 e. The molecule has 1 aromatic heterocycles. The molecule has 2 aromatic rings. The van der Waals surface area contributed by atoms with Gasteiger partial charge in [0.2, 0.25) is 10.7 Å². The molecule has 0 amide bonds. The Hall–Kier alpha value is -1.75. The van der Waals surface area contributed by atoms with Gasteiger partial charge in [-0.05, 0) is 49.5 Å². The molecule has 1 aliphatic carbocycles. The highest BCUT2D eigenvalue weighted by Crippen LogP contribution is 2.23. The van der Waals surface area contributed by atoms with E-state index in [1.54, 1.807) is 6.33 Å². The fourth-order valence-electron chi connectivity index (χ4n) is 2.32. The van der Waals surface area contributed by atoms with Crippen LogP contribution in [0, 0.1) is 11.7 Å². The van der Waals surface area contributed by atoms with E-state index in [2.05, 4.69) is 47.3 Å². The summed E-state index contributed by atoms with van der Waals surface area (Å²) in [6.45, 7) is 4.23. The van der Waals surface area contributed by atoms with Crippen molar-refractivity contribution < 1.29 is 0 Å². The largest absolute Gasteiger partial charge is 0.351 e. The molecule has 1 aromatic carbocycles. The lowest BCUT2D eigenvalue weighted by Gasteiger charge is -2.14. The Morgan fingerprint density at radius 2 is 2.20 bits per heavy atom. The van der Waals surface area contributed by atoms with Crippen LogP contribution < -0.4 is 5.32 Å². The molecule has 0 spiro atoms. The summed E-state index contributed by atoms with van der Waals surface area (Å²) in [5.41, 5.74) is 3.55. The van der Waals surface area contributed by atoms with E-state index in [1.165, 1.54) is 24.0 Å². The summed E-state index contributed by atoms with van der Waals surface area (Å²) in [5.74, 6) is 0.639. The minimum atomic E-state index is 0.532. The first-order chi connectivity index (χ1) is 9.69. The maximum absolute atomic E-state index is 5.43. The predicted molar refractivity (Wildman–Crippen MR) is 83.0 cm³/mol. The summed E-state index contributed by atoms with van der Waals surface area (Å²) in [4.78, 5) is 8.79. The highest BCUT2D eigenvalue weighted by molar-refractivity contribution is 7.71. The number of para-hydroxylation sites is 1. The SMILES string of the molecule is CCc1cccc(C)c1-n1cnc(NC2CC2)nc1=S. The molecule has 0 aliphatic heterocycles. The molecular weight excluding hydrogens is 268 g/mol. The van der Waals surface area contributed by atoms with Crippen LogP contribution in [0.1, 0.15) is 30.9 Å². The number of nitrogens with one attached hydrogen (secondary N) is 1. The maximum atomic E-state index is 5.43. The zero-order chi connectivity index (χ0) is 14.1. The van der Waals surface area contributed by atoms with Crippen molar-refractivity contribution in [3.05, 3.63) is 40.4 Å². The average molecular weight is 286 g/mol. The van der Waals surface area contributed by atoms with Gasteiger partial charge in [0.05, 0.1) is 5.69 Å². The monoisotopic (exact) mass is 286 g/mol. The van der Waals surface area contributed by atoms with Gasteiger partial charge in [0.1, 0.15) is 6.33 Å². The van der Waals surface area contributed by atoms with Crippen molar-refractivity contribution in [2.75, 3.05) is 5.32 Å². The number of aryl methyl sites for hydroxylation is 2. The number of benzene rings is 1. The highest BCUT2D eigenvalue weighted by atomic mass is 32.1. The molecule has 0 saturated heterocycles. The van der Waals surface area contributed by atoms with Gasteiger partial charge < -0.3 is 5.32 Å². The molecule has 1 aliphatic rings. The van der Waals surface area contributed by atoms with E-state index >= 15 is 0 Å². The third kappa shape index (κ3) is 2.58. The second-order valence-electron chi connectivity index (χ2n) is 5.19. The Morgan fingerprint density at radius 1 is 1.40 bits per heavy atom. The van der Waals surface area contributed by atoms with Gasteiger partial charge in [0, 0.05) is 6.04 Å². The van der Waals surface area contributed by atoms with Gasteiger partial charge in [0.15, 0.2) is 0 Å². The van der Waals surface area contributed by atoms with Crippen LogP contribution in [-0.4, -0.2) is 20.6 Å². The molecule has 1 N–H and O–H groups in total. The summed E-state index contributed by atoms with van der Waals surface area (Å²) >= 11 is 5.43. The molecule has 0 bridgehead atoms. The van der Waals surface area contributed by atoms with E-state index in [0.29, 0.717) is 16.8 Å². The van der Waals surface area contributed by atoms with Gasteiger partial charge in [-0.2, -0.15) is 4.98 Å². The first kappa shape index (κ1) is 13.2. The Kier molecular flexibility index (Phi) is 3.53. The third-order valence-corrected chi connectivity index (χ3v) is 3.84. The van der Waals surface area contributed by atoms with Crippen LogP contribution in [0.4, 0.5) is 5.95 Å². The highest BCUT2D eigenvalue weighted by Gasteiger charge is 2.22. The van der Waals surface area contributed by atoms with Gasteiger partial charge in [-0.3, -0.25) is 4.57 Å². The van der Waals surface area contributed by atoms with Gasteiger partial charge in [0.25, 0.3) is 0 Å². The molecule has 0 atom stereocenters. The van der Waals surface area contributed by atoms with Gasteiger partial charge in [-0.25, -0.2) is 4.98 Å². The topological polar surface area (TPSA) is 42.7 Å². The molecule has 1 fully saturated rings. The van der Waals surface area contributed by atoms with Crippen LogP contribution in [0.3, 0.4) is 0 Å². The number of nitrogens with zero attached hydrogens (tertiary/aromatic N) is 3. The summed E-state index contributed by atoms with van der Waals surface area (Å²) in [6.07, 6.45) is 5.13. The number of hydrogen-bond donors (Lipinski definition) is 1. The predicted octanol–water partition coefficient (Wildman–Crippen LogP) is 3.44. The first-order valence-corrected chi connectivity index (χ1v) is 7.41. The normalized spacial score (nSPS) is 14.3. The molecule has 5 heteroatoms. The molecule has 1 saturated carbocycles. The molecule has 0 radical (unpaired) electrons. The lowest BCUT2D eigenvalue weighted by Crippen LogP contribution is -2.11. The molecule has 0 unspecified atom stereocenters. The summed E-state index contributed by atoms with van der Waals surface area (Å²) in [7, 11) is 0. The fourth-order valence-corrected chi connectivity index (χ4v) is 2.54. The van der Waals surface area contributed by atoms with Crippen LogP contribution >= 0.6 is 12.2 Å². The number of anilines is 1. The minimum absolute atomic E-state index is 0.532. The van der Waals surface area contributed by atoms with Crippen LogP contribution in [-0.2, 0) is 6.42 Å². The molecule has 3 rings (SSSR count). The van der Waals surface area contributed by atoms with Crippen LogP contribution in [0.15, 0.2) is 24.5 Å². The third-order valence-electron chi connectivity index (χ3n) is 3.56. The standard InChI is InChI=1S/C15H18N4S/c1-3-11-6-4-5-10(2)13(11)19-9-16-14(18-15(19)20)17-12-7-8-12/h4-6,9,12H,3,7-8H2,1-2H3,(H,17,18,20). The van der Waals surface area contributed by atoms with Crippen molar-refractivity contribution in [2.24, 2.45) is 0 Å². The van der Waals surface area contributed by atoms with Crippen LogP contribution in [0.2, 0.25) is 0 Å². The first-order valence-electron chi connectivity index (χ1n) is 7.00. The molecule has 104 valence electrons. The van der Waals surface area contributed by atoms with Gasteiger partial charge in [-0.15, -0.1) is 0 Å². The van der Waals surface area contributed by atoms with E-state index in [4.69, 9.17) is 12.2 Å². The molecule has 1 heterocycles. The Labute approximate surface area is 123 Å². The second kappa shape index (κ2) is 5.32. The van der Waals surface area contributed by atoms with E-state index in [-0.39, 0.29) is 0 Å². The minimum Gasteiger partial charge on any atom is -0.351 e. The quantitative estimate of drug-likeness (QED) is 0.874. The smallest absolute Gasteiger partial charge is 0.227 e. The molecule has 20 heavy (non-hydrogen) atoms. The molecule has 4 nitrogen and oxygen atoms in total. The number of rotatable bonds is 4. The summed E-state index contributed by atoms with van der Waals surface area (Å²) in [5, 5.41) is 3.28. The Balaban J connectivity index is 2.04. The van der Waals surface area contributed by atoms with Gasteiger partial charge >= 0.3 is 0 Å². The zero-order valence-corrected chi connectivity index (χ0v) is 12.6.